The molecule has 0 N–H and O–H groups in total. The molecular weight excluding hydrogens is 346 g/mol. The van der Waals surface area contributed by atoms with Crippen LogP contribution in [0.1, 0.15) is 15.9 Å². The maximum Gasteiger partial charge on any atom is 0.203 e. The Kier molecular flexibility index (Phi) is 6.71. The second-order valence-corrected chi connectivity index (χ2v) is 5.98. The normalized spacial score (nSPS) is 11.0. The molecular formula is C21H25NO5. The summed E-state index contributed by atoms with van der Waals surface area (Å²) in [7, 11) is 9.90. The number of hydrogen-bond donors (Lipinski definition) is 0. The van der Waals surface area contributed by atoms with Crippen LogP contribution in [-0.2, 0) is 0 Å². The Bertz CT molecular complexity index is 800. The third kappa shape index (κ3) is 4.53. The highest BCUT2D eigenvalue weighted by Gasteiger charge is 2.21. The number of methoxy groups -OCH3 is 4. The van der Waals surface area contributed by atoms with E-state index in [2.05, 4.69) is 0 Å². The summed E-state index contributed by atoms with van der Waals surface area (Å²) in [6.07, 6.45) is 1.79. The lowest BCUT2D eigenvalue weighted by atomic mass is 9.96. The summed E-state index contributed by atoms with van der Waals surface area (Å²) in [5.41, 5.74) is 1.76. The molecule has 0 bridgehead atoms. The van der Waals surface area contributed by atoms with E-state index in [0.717, 1.165) is 11.3 Å². The van der Waals surface area contributed by atoms with Crippen molar-refractivity contribution < 1.29 is 23.7 Å². The average Bonchev–Trinajstić information content (AvgIpc) is 2.70. The molecule has 0 aliphatic rings. The van der Waals surface area contributed by atoms with Crippen molar-refractivity contribution in [1.29, 1.82) is 0 Å². The van der Waals surface area contributed by atoms with Gasteiger partial charge >= 0.3 is 0 Å². The summed E-state index contributed by atoms with van der Waals surface area (Å²) in [6, 6.07) is 10.6. The van der Waals surface area contributed by atoms with Crippen molar-refractivity contribution in [3.63, 3.8) is 0 Å². The molecule has 0 radical (unpaired) electrons. The highest BCUT2D eigenvalue weighted by atomic mass is 16.5. The first-order chi connectivity index (χ1) is 12.9. The van der Waals surface area contributed by atoms with Crippen LogP contribution in [-0.4, -0.2) is 53.2 Å². The molecule has 2 aromatic carbocycles. The van der Waals surface area contributed by atoms with Gasteiger partial charge in [-0.05, 0) is 29.8 Å². The molecule has 0 unspecified atom stereocenters. The van der Waals surface area contributed by atoms with E-state index in [-0.39, 0.29) is 5.78 Å². The molecule has 0 atom stereocenters. The highest BCUT2D eigenvalue weighted by Crippen LogP contribution is 2.39. The molecule has 2 aromatic rings. The van der Waals surface area contributed by atoms with Crippen LogP contribution in [0.3, 0.4) is 0 Å². The quantitative estimate of drug-likeness (QED) is 0.523. The van der Waals surface area contributed by atoms with Crippen molar-refractivity contribution in [3.05, 3.63) is 53.7 Å². The van der Waals surface area contributed by atoms with Gasteiger partial charge in [0.2, 0.25) is 5.75 Å². The molecule has 27 heavy (non-hydrogen) atoms. The number of carbonyl (C=O) groups excluding carboxylic acids is 1. The van der Waals surface area contributed by atoms with E-state index in [1.54, 1.807) is 25.4 Å². The summed E-state index contributed by atoms with van der Waals surface area (Å²) < 4.78 is 21.3. The van der Waals surface area contributed by atoms with Gasteiger partial charge in [0.1, 0.15) is 5.75 Å². The SMILES string of the molecule is COc1ccc(C(=CN(C)C)C(=O)c2cc(OC)c(OC)c(OC)c2)cc1. The standard InChI is InChI=1S/C21H25NO5/c1-22(2)13-17(14-7-9-16(24-3)10-8-14)20(23)15-11-18(25-4)21(27-6)19(12-15)26-5/h7-13H,1-6H3. The van der Waals surface area contributed by atoms with Crippen LogP contribution in [0.25, 0.3) is 5.57 Å². The Morgan fingerprint density at radius 1 is 0.815 bits per heavy atom. The third-order valence-corrected chi connectivity index (χ3v) is 3.96. The summed E-state index contributed by atoms with van der Waals surface area (Å²) in [6.45, 7) is 0. The minimum atomic E-state index is -0.159. The van der Waals surface area contributed by atoms with Gasteiger partial charge in [-0.25, -0.2) is 0 Å². The molecule has 144 valence electrons. The number of Topliss-reactive ketones (excluding diaryl/α,β-unsaturated/α-hetero) is 1. The number of allylic oxidation sites excluding steroid dienone is 1. The number of carbonyl (C=O) groups is 1. The van der Waals surface area contributed by atoms with E-state index in [1.165, 1.54) is 21.3 Å². The van der Waals surface area contributed by atoms with Gasteiger partial charge in [-0.15, -0.1) is 0 Å². The predicted molar refractivity (Wildman–Crippen MR) is 105 cm³/mol. The minimum Gasteiger partial charge on any atom is -0.497 e. The Labute approximate surface area is 159 Å². The van der Waals surface area contributed by atoms with E-state index in [1.807, 2.05) is 43.3 Å². The second kappa shape index (κ2) is 8.98. The Balaban J connectivity index is 2.55. The van der Waals surface area contributed by atoms with Crippen LogP contribution in [0, 0.1) is 0 Å². The fraction of sp³-hybridized carbons (Fsp3) is 0.286. The zero-order valence-electron chi connectivity index (χ0n) is 16.5. The zero-order valence-corrected chi connectivity index (χ0v) is 16.5. The largest absolute Gasteiger partial charge is 0.497 e. The second-order valence-electron chi connectivity index (χ2n) is 5.98. The van der Waals surface area contributed by atoms with Gasteiger partial charge in [0, 0.05) is 31.4 Å². The van der Waals surface area contributed by atoms with Gasteiger partial charge in [-0.3, -0.25) is 4.79 Å². The van der Waals surface area contributed by atoms with Gasteiger partial charge in [0.25, 0.3) is 0 Å². The van der Waals surface area contributed by atoms with E-state index >= 15 is 0 Å². The van der Waals surface area contributed by atoms with Gasteiger partial charge in [0.15, 0.2) is 17.3 Å². The lowest BCUT2D eigenvalue weighted by molar-refractivity contribution is 0.105. The highest BCUT2D eigenvalue weighted by molar-refractivity contribution is 6.29. The fourth-order valence-corrected chi connectivity index (χ4v) is 2.66. The molecule has 2 rings (SSSR count). The van der Waals surface area contributed by atoms with Crippen molar-refractivity contribution in [1.82, 2.24) is 4.90 Å². The molecule has 0 aliphatic heterocycles. The first-order valence-corrected chi connectivity index (χ1v) is 8.32. The Morgan fingerprint density at radius 3 is 1.78 bits per heavy atom. The van der Waals surface area contributed by atoms with Crippen molar-refractivity contribution >= 4 is 11.4 Å². The fourth-order valence-electron chi connectivity index (χ4n) is 2.66. The smallest absolute Gasteiger partial charge is 0.203 e. The molecule has 0 aliphatic carbocycles. The summed E-state index contributed by atoms with van der Waals surface area (Å²) in [5, 5.41) is 0. The van der Waals surface area contributed by atoms with Crippen molar-refractivity contribution in [2.75, 3.05) is 42.5 Å². The lowest BCUT2D eigenvalue weighted by Crippen LogP contribution is -2.10. The first kappa shape index (κ1) is 20.2. The topological polar surface area (TPSA) is 57.2 Å². The molecule has 6 nitrogen and oxygen atoms in total. The van der Waals surface area contributed by atoms with Crippen LogP contribution in [0.5, 0.6) is 23.0 Å². The number of rotatable bonds is 8. The van der Waals surface area contributed by atoms with Crippen LogP contribution in [0.2, 0.25) is 0 Å². The average molecular weight is 371 g/mol. The maximum absolute atomic E-state index is 13.3. The lowest BCUT2D eigenvalue weighted by Gasteiger charge is -2.16. The number of hydrogen-bond acceptors (Lipinski definition) is 6. The molecule has 0 aromatic heterocycles. The van der Waals surface area contributed by atoms with E-state index in [4.69, 9.17) is 18.9 Å². The maximum atomic E-state index is 13.3. The number of nitrogens with zero attached hydrogens (tertiary/aromatic N) is 1. The molecule has 0 saturated heterocycles. The molecule has 0 fully saturated rings. The molecule has 0 amide bonds. The molecule has 0 heterocycles. The van der Waals surface area contributed by atoms with Crippen LogP contribution in [0.15, 0.2) is 42.6 Å². The summed E-state index contributed by atoms with van der Waals surface area (Å²) in [5.74, 6) is 1.87. The molecule has 6 heteroatoms. The predicted octanol–water partition coefficient (Wildman–Crippen LogP) is 3.51. The van der Waals surface area contributed by atoms with E-state index in [9.17, 15) is 4.79 Å². The Hall–Kier alpha value is -3.15. The number of benzene rings is 2. The van der Waals surface area contributed by atoms with Gasteiger partial charge < -0.3 is 23.8 Å². The Morgan fingerprint density at radius 2 is 1.37 bits per heavy atom. The van der Waals surface area contributed by atoms with Crippen LogP contribution < -0.4 is 18.9 Å². The van der Waals surface area contributed by atoms with E-state index in [0.29, 0.717) is 28.4 Å². The van der Waals surface area contributed by atoms with Gasteiger partial charge in [-0.2, -0.15) is 0 Å². The summed E-state index contributed by atoms with van der Waals surface area (Å²) in [4.78, 5) is 15.1. The molecule has 0 spiro atoms. The van der Waals surface area contributed by atoms with Crippen molar-refractivity contribution in [3.8, 4) is 23.0 Å². The van der Waals surface area contributed by atoms with Crippen molar-refractivity contribution in [2.45, 2.75) is 0 Å². The van der Waals surface area contributed by atoms with Crippen LogP contribution >= 0.6 is 0 Å². The first-order valence-electron chi connectivity index (χ1n) is 8.32. The summed E-state index contributed by atoms with van der Waals surface area (Å²) >= 11 is 0. The minimum absolute atomic E-state index is 0.159. The van der Waals surface area contributed by atoms with Gasteiger partial charge in [0.05, 0.1) is 28.4 Å². The number of ketones is 1. The van der Waals surface area contributed by atoms with Gasteiger partial charge in [-0.1, -0.05) is 12.1 Å². The number of ether oxygens (including phenoxy) is 4. The monoisotopic (exact) mass is 371 g/mol. The third-order valence-electron chi connectivity index (χ3n) is 3.96. The van der Waals surface area contributed by atoms with Crippen molar-refractivity contribution in [2.24, 2.45) is 0 Å². The zero-order chi connectivity index (χ0) is 20.0. The van der Waals surface area contributed by atoms with E-state index < -0.39 is 0 Å². The van der Waals surface area contributed by atoms with Crippen LogP contribution in [0.4, 0.5) is 0 Å². The molecule has 0 saturated carbocycles.